The van der Waals surface area contributed by atoms with Gasteiger partial charge in [0.2, 0.25) is 10.0 Å². The predicted octanol–water partition coefficient (Wildman–Crippen LogP) is 2.81. The number of sulfonamides is 1. The Labute approximate surface area is 116 Å². The van der Waals surface area contributed by atoms with E-state index in [1.165, 1.54) is 0 Å². The standard InChI is InChI=1S/C14H24N2O2S/c1-7-14(4,5)16-19(17,18)13-10(2)8-12(15-6)9-11(13)3/h8-9,15-16H,7H2,1-6H3. The molecule has 0 aliphatic rings. The van der Waals surface area contributed by atoms with Crippen LogP contribution >= 0.6 is 0 Å². The molecule has 0 aromatic heterocycles. The molecule has 0 spiro atoms. The van der Waals surface area contributed by atoms with E-state index in [-0.39, 0.29) is 0 Å². The molecular formula is C14H24N2O2S. The summed E-state index contributed by atoms with van der Waals surface area (Å²) in [6.07, 6.45) is 0.735. The molecule has 0 heterocycles. The van der Waals surface area contributed by atoms with Crippen molar-refractivity contribution in [3.8, 4) is 0 Å². The highest BCUT2D eigenvalue weighted by Crippen LogP contribution is 2.25. The highest BCUT2D eigenvalue weighted by Gasteiger charge is 2.27. The molecule has 0 unspecified atom stereocenters. The molecule has 0 atom stereocenters. The van der Waals surface area contributed by atoms with Crippen molar-refractivity contribution in [1.29, 1.82) is 0 Å². The van der Waals surface area contributed by atoms with Crippen LogP contribution in [0.1, 0.15) is 38.3 Å². The summed E-state index contributed by atoms with van der Waals surface area (Å²) in [4.78, 5) is 0.382. The number of nitrogens with one attached hydrogen (secondary N) is 2. The van der Waals surface area contributed by atoms with Crippen molar-refractivity contribution in [3.05, 3.63) is 23.3 Å². The van der Waals surface area contributed by atoms with Crippen molar-refractivity contribution in [2.24, 2.45) is 0 Å². The third-order valence-electron chi connectivity index (χ3n) is 3.31. The van der Waals surface area contributed by atoms with E-state index in [1.54, 1.807) is 0 Å². The predicted molar refractivity (Wildman–Crippen MR) is 80.2 cm³/mol. The van der Waals surface area contributed by atoms with Gasteiger partial charge in [0.15, 0.2) is 0 Å². The van der Waals surface area contributed by atoms with Gasteiger partial charge in [-0.2, -0.15) is 0 Å². The molecule has 1 rings (SSSR count). The molecule has 1 aromatic rings. The second-order valence-electron chi connectivity index (χ2n) is 5.53. The highest BCUT2D eigenvalue weighted by molar-refractivity contribution is 7.89. The summed E-state index contributed by atoms with van der Waals surface area (Å²) in [6, 6.07) is 3.70. The summed E-state index contributed by atoms with van der Waals surface area (Å²) in [5.41, 5.74) is 1.98. The van der Waals surface area contributed by atoms with Crippen LogP contribution in [-0.4, -0.2) is 21.0 Å². The van der Waals surface area contributed by atoms with Gasteiger partial charge < -0.3 is 5.32 Å². The van der Waals surface area contributed by atoms with Crippen LogP contribution in [0.4, 0.5) is 5.69 Å². The van der Waals surface area contributed by atoms with E-state index in [4.69, 9.17) is 0 Å². The Kier molecular flexibility index (Phi) is 4.63. The molecule has 0 fully saturated rings. The van der Waals surface area contributed by atoms with E-state index in [1.807, 2.05) is 53.8 Å². The van der Waals surface area contributed by atoms with Crippen molar-refractivity contribution in [3.63, 3.8) is 0 Å². The summed E-state index contributed by atoms with van der Waals surface area (Å²) in [6.45, 7) is 9.38. The number of benzene rings is 1. The monoisotopic (exact) mass is 284 g/mol. The maximum absolute atomic E-state index is 12.5. The van der Waals surface area contributed by atoms with Gasteiger partial charge in [-0.1, -0.05) is 6.92 Å². The average Bonchev–Trinajstić information content (AvgIpc) is 2.26. The van der Waals surface area contributed by atoms with Crippen molar-refractivity contribution in [1.82, 2.24) is 4.72 Å². The smallest absolute Gasteiger partial charge is 0.241 e. The first kappa shape index (κ1) is 16.0. The molecule has 0 radical (unpaired) electrons. The molecule has 0 aliphatic carbocycles. The molecule has 1 aromatic carbocycles. The van der Waals surface area contributed by atoms with Crippen LogP contribution in [-0.2, 0) is 10.0 Å². The van der Waals surface area contributed by atoms with E-state index in [9.17, 15) is 8.42 Å². The van der Waals surface area contributed by atoms with Gasteiger partial charge in [0.1, 0.15) is 0 Å². The van der Waals surface area contributed by atoms with Gasteiger partial charge in [-0.15, -0.1) is 0 Å². The maximum Gasteiger partial charge on any atom is 0.241 e. The van der Waals surface area contributed by atoms with Crippen LogP contribution < -0.4 is 10.0 Å². The molecule has 0 aliphatic heterocycles. The van der Waals surface area contributed by atoms with E-state index in [0.29, 0.717) is 4.90 Å². The van der Waals surface area contributed by atoms with Crippen LogP contribution in [0.5, 0.6) is 0 Å². The topological polar surface area (TPSA) is 58.2 Å². The van der Waals surface area contributed by atoms with Crippen molar-refractivity contribution in [2.75, 3.05) is 12.4 Å². The molecule has 0 bridgehead atoms. The summed E-state index contributed by atoms with van der Waals surface area (Å²) in [7, 11) is -1.67. The summed E-state index contributed by atoms with van der Waals surface area (Å²) < 4.78 is 27.8. The van der Waals surface area contributed by atoms with Crippen molar-refractivity contribution < 1.29 is 8.42 Å². The average molecular weight is 284 g/mol. The number of anilines is 1. The molecule has 0 saturated carbocycles. The Hall–Kier alpha value is -1.07. The Balaban J connectivity index is 3.30. The quantitative estimate of drug-likeness (QED) is 0.874. The Morgan fingerprint density at radius 3 is 2.00 bits per heavy atom. The first-order valence-electron chi connectivity index (χ1n) is 6.46. The zero-order chi connectivity index (χ0) is 14.8. The second kappa shape index (κ2) is 5.51. The molecule has 0 amide bonds. The number of rotatable bonds is 5. The second-order valence-corrected chi connectivity index (χ2v) is 7.15. The first-order chi connectivity index (χ1) is 8.63. The van der Waals surface area contributed by atoms with Crippen molar-refractivity contribution >= 4 is 15.7 Å². The molecule has 0 saturated heterocycles. The Morgan fingerprint density at radius 1 is 1.16 bits per heavy atom. The summed E-state index contributed by atoms with van der Waals surface area (Å²) >= 11 is 0. The van der Waals surface area contributed by atoms with Crippen molar-refractivity contribution in [2.45, 2.75) is 51.5 Å². The van der Waals surface area contributed by atoms with Crippen LogP contribution in [0.3, 0.4) is 0 Å². The van der Waals surface area contributed by atoms with Crippen LogP contribution in [0.15, 0.2) is 17.0 Å². The molecule has 5 heteroatoms. The van der Waals surface area contributed by atoms with Crippen LogP contribution in [0.2, 0.25) is 0 Å². The van der Waals surface area contributed by atoms with E-state index in [0.717, 1.165) is 23.2 Å². The van der Waals surface area contributed by atoms with Crippen LogP contribution in [0, 0.1) is 13.8 Å². The summed E-state index contributed by atoms with van der Waals surface area (Å²) in [5, 5.41) is 3.03. The van der Waals surface area contributed by atoms with Gasteiger partial charge in [0.25, 0.3) is 0 Å². The molecule has 2 N–H and O–H groups in total. The first-order valence-corrected chi connectivity index (χ1v) is 7.94. The van der Waals surface area contributed by atoms with Gasteiger partial charge in [-0.25, -0.2) is 13.1 Å². The fourth-order valence-corrected chi connectivity index (χ4v) is 3.94. The number of hydrogen-bond acceptors (Lipinski definition) is 3. The number of hydrogen-bond donors (Lipinski definition) is 2. The van der Waals surface area contributed by atoms with Gasteiger partial charge in [0, 0.05) is 18.3 Å². The van der Waals surface area contributed by atoms with Gasteiger partial charge in [-0.05, 0) is 57.4 Å². The van der Waals surface area contributed by atoms with Crippen LogP contribution in [0.25, 0.3) is 0 Å². The van der Waals surface area contributed by atoms with Gasteiger partial charge in [0.05, 0.1) is 4.90 Å². The SMILES string of the molecule is CCC(C)(C)NS(=O)(=O)c1c(C)cc(NC)cc1C. The number of aryl methyl sites for hydroxylation is 2. The fraction of sp³-hybridized carbons (Fsp3) is 0.571. The van der Waals surface area contributed by atoms with Gasteiger partial charge in [-0.3, -0.25) is 0 Å². The molecule has 4 nitrogen and oxygen atoms in total. The zero-order valence-electron chi connectivity index (χ0n) is 12.6. The van der Waals surface area contributed by atoms with E-state index < -0.39 is 15.6 Å². The maximum atomic E-state index is 12.5. The minimum absolute atomic E-state index is 0.382. The lowest BCUT2D eigenvalue weighted by Gasteiger charge is -2.25. The van der Waals surface area contributed by atoms with Gasteiger partial charge >= 0.3 is 0 Å². The summed E-state index contributed by atoms with van der Waals surface area (Å²) in [5.74, 6) is 0. The molecule has 19 heavy (non-hydrogen) atoms. The molecular weight excluding hydrogens is 260 g/mol. The highest BCUT2D eigenvalue weighted by atomic mass is 32.2. The third-order valence-corrected chi connectivity index (χ3v) is 5.31. The lowest BCUT2D eigenvalue weighted by molar-refractivity contribution is 0.439. The largest absolute Gasteiger partial charge is 0.388 e. The third kappa shape index (κ3) is 3.70. The molecule has 108 valence electrons. The fourth-order valence-electron chi connectivity index (χ4n) is 2.01. The minimum atomic E-state index is -3.49. The minimum Gasteiger partial charge on any atom is -0.388 e. The lowest BCUT2D eigenvalue weighted by Crippen LogP contribution is -2.43. The normalized spacial score (nSPS) is 12.5. The van der Waals surface area contributed by atoms with E-state index in [2.05, 4.69) is 10.0 Å². The lowest BCUT2D eigenvalue weighted by atomic mass is 10.0. The zero-order valence-corrected chi connectivity index (χ0v) is 13.4. The van der Waals surface area contributed by atoms with E-state index >= 15 is 0 Å². The Bertz CT molecular complexity index is 540. The Morgan fingerprint density at radius 2 is 1.63 bits per heavy atom.